The molecule has 0 radical (unpaired) electrons. The van der Waals surface area contributed by atoms with Crippen molar-refractivity contribution >= 4 is 11.7 Å². The molecule has 1 aromatic rings. The molecule has 2 aliphatic carbocycles. The Kier molecular flexibility index (Phi) is 9.72. The van der Waals surface area contributed by atoms with Crippen molar-refractivity contribution in [2.24, 2.45) is 11.8 Å². The monoisotopic (exact) mass is 527 g/mol. The van der Waals surface area contributed by atoms with E-state index in [0.29, 0.717) is 18.0 Å². The molecule has 1 aliphatic heterocycles. The third-order valence-electron chi connectivity index (χ3n) is 9.11. The van der Waals surface area contributed by atoms with Crippen LogP contribution in [0, 0.1) is 11.8 Å². The number of aliphatic hydroxyl groups excluding tert-OH is 1. The van der Waals surface area contributed by atoms with E-state index < -0.39 is 0 Å². The number of rotatable bonds is 7. The van der Waals surface area contributed by atoms with E-state index in [1.54, 1.807) is 0 Å². The molecule has 4 rings (SSSR count). The van der Waals surface area contributed by atoms with Crippen LogP contribution in [0.15, 0.2) is 6.07 Å². The van der Waals surface area contributed by atoms with Gasteiger partial charge in [0.15, 0.2) is 0 Å². The van der Waals surface area contributed by atoms with Crippen molar-refractivity contribution in [3.63, 3.8) is 0 Å². The lowest BCUT2D eigenvalue weighted by Gasteiger charge is -2.41. The van der Waals surface area contributed by atoms with E-state index in [-0.39, 0.29) is 23.3 Å². The second kappa shape index (κ2) is 12.6. The van der Waals surface area contributed by atoms with E-state index >= 15 is 0 Å². The lowest BCUT2D eigenvalue weighted by Crippen LogP contribution is -2.52. The van der Waals surface area contributed by atoms with Crippen LogP contribution in [0.2, 0.25) is 0 Å². The third kappa shape index (κ3) is 7.68. The highest BCUT2D eigenvalue weighted by Crippen LogP contribution is 2.30. The van der Waals surface area contributed by atoms with Gasteiger partial charge in [-0.05, 0) is 83.1 Å². The number of nitrogens with zero attached hydrogens (tertiary/aromatic N) is 4. The molecule has 38 heavy (non-hydrogen) atoms. The van der Waals surface area contributed by atoms with Gasteiger partial charge in [-0.15, -0.1) is 0 Å². The first-order valence-electron chi connectivity index (χ1n) is 15.4. The fraction of sp³-hybridized carbons (Fsp3) is 0.839. The highest BCUT2D eigenvalue weighted by molar-refractivity contribution is 5.79. The molecule has 1 atom stereocenters. The summed E-state index contributed by atoms with van der Waals surface area (Å²) in [4.78, 5) is 27.7. The predicted molar refractivity (Wildman–Crippen MR) is 155 cm³/mol. The van der Waals surface area contributed by atoms with Crippen LogP contribution in [0.5, 0.6) is 0 Å². The summed E-state index contributed by atoms with van der Waals surface area (Å²) in [7, 11) is 0. The van der Waals surface area contributed by atoms with E-state index in [1.165, 1.54) is 25.8 Å². The number of amides is 1. The molecule has 7 heteroatoms. The Morgan fingerprint density at radius 3 is 2.34 bits per heavy atom. The molecule has 0 unspecified atom stereocenters. The fourth-order valence-electron chi connectivity index (χ4n) is 6.43. The molecular formula is C31H53N5O2. The molecule has 2 N–H and O–H groups in total. The summed E-state index contributed by atoms with van der Waals surface area (Å²) in [5.41, 5.74) is 1.07. The fourth-order valence-corrected chi connectivity index (χ4v) is 6.43. The Balaban J connectivity index is 1.21. The standard InChI is InChI=1S/C31H53N5O2/c1-21(2)27-19-28(34-30(33-27)31(4,5)6)36-18-17-35(20-22(36)3)16-15-23-7-11-25(12-8-23)32-29(38)24-9-13-26(37)14-10-24/h19,21-26,37H,7-18,20H2,1-6H3,(H,32,38)/t22-,23-,24-,25-,26-/m0/s1. The number of nitrogens with one attached hydrogen (secondary N) is 1. The van der Waals surface area contributed by atoms with Crippen LogP contribution >= 0.6 is 0 Å². The summed E-state index contributed by atoms with van der Waals surface area (Å²) in [5, 5.41) is 13.0. The minimum atomic E-state index is -0.202. The van der Waals surface area contributed by atoms with Crippen LogP contribution in [0.4, 0.5) is 5.82 Å². The summed E-state index contributed by atoms with van der Waals surface area (Å²) < 4.78 is 0. The Hall–Kier alpha value is -1.73. The number of piperazine rings is 1. The lowest BCUT2D eigenvalue weighted by atomic mass is 9.83. The van der Waals surface area contributed by atoms with Crippen LogP contribution in [0.1, 0.15) is 117 Å². The third-order valence-corrected chi connectivity index (χ3v) is 9.11. The van der Waals surface area contributed by atoms with Gasteiger partial charge >= 0.3 is 0 Å². The first-order chi connectivity index (χ1) is 18.0. The SMILES string of the molecule is CC(C)c1cc(N2CCN(CC[C@H]3CC[C@H](NC(=O)[C@H]4CC[C@H](O)CC4)CC3)C[C@@H]2C)nc(C(C)(C)C)n1. The number of hydrogen-bond donors (Lipinski definition) is 2. The lowest BCUT2D eigenvalue weighted by molar-refractivity contribution is -0.127. The summed E-state index contributed by atoms with van der Waals surface area (Å²) >= 11 is 0. The van der Waals surface area contributed by atoms with Crippen LogP contribution in [0.3, 0.4) is 0 Å². The van der Waals surface area contributed by atoms with E-state index in [9.17, 15) is 9.90 Å². The molecule has 3 fully saturated rings. The van der Waals surface area contributed by atoms with Crippen molar-refractivity contribution in [3.8, 4) is 0 Å². The Morgan fingerprint density at radius 1 is 1.05 bits per heavy atom. The highest BCUT2D eigenvalue weighted by atomic mass is 16.3. The summed E-state index contributed by atoms with van der Waals surface area (Å²) in [6.45, 7) is 17.7. The molecular weight excluding hydrogens is 474 g/mol. The summed E-state index contributed by atoms with van der Waals surface area (Å²) in [5.74, 6) is 3.52. The molecule has 214 valence electrons. The summed E-state index contributed by atoms with van der Waals surface area (Å²) in [6, 6.07) is 2.98. The van der Waals surface area contributed by atoms with Gasteiger partial charge in [0.1, 0.15) is 11.6 Å². The first-order valence-corrected chi connectivity index (χ1v) is 15.4. The van der Waals surface area contributed by atoms with Crippen LogP contribution in [-0.4, -0.2) is 70.2 Å². The van der Waals surface area contributed by atoms with Crippen LogP contribution in [0.25, 0.3) is 0 Å². The number of aromatic nitrogens is 2. The average molecular weight is 528 g/mol. The largest absolute Gasteiger partial charge is 0.393 e. The molecule has 1 saturated heterocycles. The van der Waals surface area contributed by atoms with Gasteiger partial charge in [-0.2, -0.15) is 0 Å². The maximum Gasteiger partial charge on any atom is 0.223 e. The van der Waals surface area contributed by atoms with Crippen molar-refractivity contribution in [1.82, 2.24) is 20.2 Å². The predicted octanol–water partition coefficient (Wildman–Crippen LogP) is 5.02. The quantitative estimate of drug-likeness (QED) is 0.518. The normalized spacial score (nSPS) is 29.5. The van der Waals surface area contributed by atoms with Crippen molar-refractivity contribution < 1.29 is 9.90 Å². The summed E-state index contributed by atoms with van der Waals surface area (Å²) in [6.07, 6.45) is 8.93. The maximum atomic E-state index is 12.7. The molecule has 2 saturated carbocycles. The van der Waals surface area contributed by atoms with E-state index in [2.05, 4.69) is 62.7 Å². The van der Waals surface area contributed by atoms with Crippen LogP contribution in [-0.2, 0) is 10.2 Å². The van der Waals surface area contributed by atoms with Gasteiger partial charge in [-0.25, -0.2) is 9.97 Å². The van der Waals surface area contributed by atoms with Crippen molar-refractivity contribution in [3.05, 3.63) is 17.6 Å². The molecule has 0 bridgehead atoms. The van der Waals surface area contributed by atoms with Gasteiger partial charge in [0.25, 0.3) is 0 Å². The van der Waals surface area contributed by atoms with E-state index in [0.717, 1.165) is 81.4 Å². The van der Waals surface area contributed by atoms with Gasteiger partial charge in [0.2, 0.25) is 5.91 Å². The highest BCUT2D eigenvalue weighted by Gasteiger charge is 2.30. The van der Waals surface area contributed by atoms with Gasteiger partial charge in [-0.3, -0.25) is 9.69 Å². The molecule has 7 nitrogen and oxygen atoms in total. The Labute approximate surface area is 231 Å². The van der Waals surface area contributed by atoms with Gasteiger partial charge in [0, 0.05) is 54.8 Å². The topological polar surface area (TPSA) is 81.6 Å². The number of carbonyl (C=O) groups is 1. The zero-order chi connectivity index (χ0) is 27.4. The van der Waals surface area contributed by atoms with Gasteiger partial charge < -0.3 is 15.3 Å². The average Bonchev–Trinajstić information content (AvgIpc) is 2.88. The molecule has 1 amide bonds. The zero-order valence-corrected chi connectivity index (χ0v) is 24.9. The van der Waals surface area contributed by atoms with Gasteiger partial charge in [-0.1, -0.05) is 34.6 Å². The number of anilines is 1. The van der Waals surface area contributed by atoms with Crippen molar-refractivity contribution in [2.45, 2.75) is 129 Å². The molecule has 0 spiro atoms. The number of carbonyl (C=O) groups excluding carboxylic acids is 1. The van der Waals surface area contributed by atoms with Crippen LogP contribution < -0.4 is 10.2 Å². The second-order valence-corrected chi connectivity index (χ2v) is 13.7. The van der Waals surface area contributed by atoms with E-state index in [4.69, 9.17) is 9.97 Å². The Morgan fingerprint density at radius 2 is 1.74 bits per heavy atom. The van der Waals surface area contributed by atoms with Crippen molar-refractivity contribution in [2.75, 3.05) is 31.1 Å². The Bertz CT molecular complexity index is 913. The zero-order valence-electron chi connectivity index (χ0n) is 24.9. The first kappa shape index (κ1) is 29.3. The molecule has 1 aromatic heterocycles. The molecule has 3 aliphatic rings. The van der Waals surface area contributed by atoms with E-state index in [1.807, 2.05) is 0 Å². The minimum absolute atomic E-state index is 0.0635. The minimum Gasteiger partial charge on any atom is -0.393 e. The molecule has 0 aromatic carbocycles. The molecule has 2 heterocycles. The van der Waals surface area contributed by atoms with Gasteiger partial charge in [0.05, 0.1) is 6.10 Å². The van der Waals surface area contributed by atoms with Crippen molar-refractivity contribution in [1.29, 1.82) is 0 Å². The smallest absolute Gasteiger partial charge is 0.223 e. The number of hydrogen-bond acceptors (Lipinski definition) is 6. The number of aliphatic hydroxyl groups is 1. The second-order valence-electron chi connectivity index (χ2n) is 13.7. The maximum absolute atomic E-state index is 12.7.